The number of hydrogen-bond acceptors (Lipinski definition) is 6. The first-order valence-corrected chi connectivity index (χ1v) is 12.1. The van der Waals surface area contributed by atoms with Gasteiger partial charge in [0, 0.05) is 38.4 Å². The number of ketones is 1. The fourth-order valence-corrected chi connectivity index (χ4v) is 4.63. The van der Waals surface area contributed by atoms with Crippen molar-refractivity contribution in [3.63, 3.8) is 0 Å². The Morgan fingerprint density at radius 1 is 0.971 bits per heavy atom. The average Bonchev–Trinajstić information content (AvgIpc) is 3.52. The Kier molecular flexibility index (Phi) is 8.48. The van der Waals surface area contributed by atoms with Gasteiger partial charge in [-0.3, -0.25) is 24.0 Å². The maximum atomic E-state index is 13.0. The number of anilines is 1. The zero-order valence-corrected chi connectivity index (χ0v) is 20.9. The summed E-state index contributed by atoms with van der Waals surface area (Å²) in [6, 6.07) is 5.23. The maximum absolute atomic E-state index is 13.0. The molecule has 0 aliphatic carbocycles. The number of likely N-dealkylation sites (tertiary alicyclic amines) is 2. The van der Waals surface area contributed by atoms with Gasteiger partial charge in [0.25, 0.3) is 5.91 Å². The SMILES string of the molecule is CC(=O)[C@@H]1CCCN1C(=O)CNC(=O)[C@H](C)NC(=O)[C@@H]1CCCN1C(=O)c1ccc(N(C)C)cc1. The fraction of sp³-hybridized carbons (Fsp3) is 0.560. The largest absolute Gasteiger partial charge is 0.378 e. The van der Waals surface area contributed by atoms with Crippen LogP contribution in [0, 0.1) is 0 Å². The van der Waals surface area contributed by atoms with Gasteiger partial charge >= 0.3 is 0 Å². The van der Waals surface area contributed by atoms with Crippen molar-refractivity contribution in [1.82, 2.24) is 20.4 Å². The standard InChI is InChI=1S/C25H35N5O5/c1-16(23(33)26-15-22(32)29-13-5-7-20(29)17(2)31)27-24(34)21-8-6-14-30(21)25(35)18-9-11-19(12-10-18)28(3)4/h9-12,16,20-21H,5-8,13-15H2,1-4H3,(H,26,33)(H,27,34)/t16-,20-,21-/m0/s1. The first-order chi connectivity index (χ1) is 16.6. The van der Waals surface area contributed by atoms with Crippen molar-refractivity contribution in [2.24, 2.45) is 0 Å². The average molecular weight is 486 g/mol. The minimum Gasteiger partial charge on any atom is -0.378 e. The molecule has 2 heterocycles. The second-order valence-corrected chi connectivity index (χ2v) is 9.40. The molecule has 3 rings (SSSR count). The van der Waals surface area contributed by atoms with Crippen LogP contribution in [0.25, 0.3) is 0 Å². The molecule has 0 saturated carbocycles. The first kappa shape index (κ1) is 26.2. The van der Waals surface area contributed by atoms with Crippen molar-refractivity contribution in [2.75, 3.05) is 38.6 Å². The summed E-state index contributed by atoms with van der Waals surface area (Å²) in [4.78, 5) is 67.6. The molecule has 1 aromatic rings. The van der Waals surface area contributed by atoms with Crippen LogP contribution in [0.5, 0.6) is 0 Å². The lowest BCUT2D eigenvalue weighted by Crippen LogP contribution is -2.53. The Morgan fingerprint density at radius 2 is 1.57 bits per heavy atom. The van der Waals surface area contributed by atoms with E-state index in [1.165, 1.54) is 18.7 Å². The zero-order valence-electron chi connectivity index (χ0n) is 20.9. The third-order valence-corrected chi connectivity index (χ3v) is 6.66. The third kappa shape index (κ3) is 6.17. The summed E-state index contributed by atoms with van der Waals surface area (Å²) >= 11 is 0. The monoisotopic (exact) mass is 485 g/mol. The van der Waals surface area contributed by atoms with Gasteiger partial charge in [-0.05, 0) is 63.8 Å². The molecular formula is C25H35N5O5. The van der Waals surface area contributed by atoms with Crippen molar-refractivity contribution < 1.29 is 24.0 Å². The maximum Gasteiger partial charge on any atom is 0.254 e. The van der Waals surface area contributed by atoms with Crippen molar-refractivity contribution in [2.45, 2.75) is 57.7 Å². The van der Waals surface area contributed by atoms with Gasteiger partial charge in [-0.15, -0.1) is 0 Å². The Hall–Kier alpha value is -3.43. The summed E-state index contributed by atoms with van der Waals surface area (Å²) in [5.41, 5.74) is 1.47. The van der Waals surface area contributed by atoms with Crippen LogP contribution >= 0.6 is 0 Å². The van der Waals surface area contributed by atoms with E-state index < -0.39 is 29.9 Å². The number of rotatable bonds is 8. The normalized spacial score (nSPS) is 20.3. The number of nitrogens with zero attached hydrogens (tertiary/aromatic N) is 3. The number of hydrogen-bond donors (Lipinski definition) is 2. The molecule has 0 bridgehead atoms. The van der Waals surface area contributed by atoms with Gasteiger partial charge in [-0.25, -0.2) is 0 Å². The summed E-state index contributed by atoms with van der Waals surface area (Å²) < 4.78 is 0. The highest BCUT2D eigenvalue weighted by molar-refractivity contribution is 5.99. The molecule has 3 atom stereocenters. The van der Waals surface area contributed by atoms with Crippen LogP contribution < -0.4 is 15.5 Å². The molecule has 0 radical (unpaired) electrons. The number of carbonyl (C=O) groups excluding carboxylic acids is 5. The number of amides is 4. The quantitative estimate of drug-likeness (QED) is 0.555. The predicted octanol–water partition coefficient (Wildman–Crippen LogP) is 0.558. The molecule has 2 aliphatic heterocycles. The second-order valence-electron chi connectivity index (χ2n) is 9.40. The van der Waals surface area contributed by atoms with Crippen LogP contribution in [0.1, 0.15) is 49.9 Å². The topological polar surface area (TPSA) is 119 Å². The van der Waals surface area contributed by atoms with E-state index in [-0.39, 0.29) is 24.1 Å². The van der Waals surface area contributed by atoms with E-state index >= 15 is 0 Å². The Balaban J connectivity index is 1.53. The third-order valence-electron chi connectivity index (χ3n) is 6.66. The number of benzene rings is 1. The number of Topliss-reactive ketones (excluding diaryl/α,β-unsaturated/α-hetero) is 1. The lowest BCUT2D eigenvalue weighted by Gasteiger charge is -2.26. The zero-order chi connectivity index (χ0) is 25.7. The summed E-state index contributed by atoms with van der Waals surface area (Å²) in [5, 5.41) is 5.22. The molecule has 4 amide bonds. The smallest absolute Gasteiger partial charge is 0.254 e. The molecule has 2 N–H and O–H groups in total. The van der Waals surface area contributed by atoms with E-state index in [4.69, 9.17) is 0 Å². The molecule has 2 fully saturated rings. The van der Waals surface area contributed by atoms with Crippen LogP contribution in [0.2, 0.25) is 0 Å². The van der Waals surface area contributed by atoms with E-state index in [1.54, 1.807) is 17.0 Å². The molecule has 0 spiro atoms. The van der Waals surface area contributed by atoms with Crippen molar-refractivity contribution in [3.05, 3.63) is 29.8 Å². The molecule has 10 nitrogen and oxygen atoms in total. The fourth-order valence-electron chi connectivity index (χ4n) is 4.63. The van der Waals surface area contributed by atoms with Crippen molar-refractivity contribution in [3.8, 4) is 0 Å². The molecule has 190 valence electrons. The lowest BCUT2D eigenvalue weighted by molar-refractivity contribution is -0.137. The van der Waals surface area contributed by atoms with Crippen LogP contribution in [0.3, 0.4) is 0 Å². The molecule has 2 aliphatic rings. The predicted molar refractivity (Wildman–Crippen MR) is 131 cm³/mol. The molecule has 35 heavy (non-hydrogen) atoms. The van der Waals surface area contributed by atoms with Crippen molar-refractivity contribution in [1.29, 1.82) is 0 Å². The van der Waals surface area contributed by atoms with Gasteiger partial charge in [0.1, 0.15) is 12.1 Å². The lowest BCUT2D eigenvalue weighted by atomic mass is 10.1. The summed E-state index contributed by atoms with van der Waals surface area (Å²) in [5.74, 6) is -1.50. The van der Waals surface area contributed by atoms with Crippen LogP contribution in [-0.2, 0) is 19.2 Å². The molecular weight excluding hydrogens is 450 g/mol. The van der Waals surface area contributed by atoms with Crippen LogP contribution in [0.15, 0.2) is 24.3 Å². The highest BCUT2D eigenvalue weighted by Crippen LogP contribution is 2.22. The number of carbonyl (C=O) groups is 5. The Morgan fingerprint density at radius 3 is 2.17 bits per heavy atom. The Bertz CT molecular complexity index is 977. The minimum atomic E-state index is -0.880. The van der Waals surface area contributed by atoms with E-state index in [1.807, 2.05) is 31.1 Å². The molecule has 10 heteroatoms. The van der Waals surface area contributed by atoms with E-state index in [9.17, 15) is 24.0 Å². The summed E-state index contributed by atoms with van der Waals surface area (Å²) in [7, 11) is 3.83. The molecule has 1 aromatic carbocycles. The summed E-state index contributed by atoms with van der Waals surface area (Å²) in [6.07, 6.45) is 2.61. The van der Waals surface area contributed by atoms with Gasteiger partial charge in [0.05, 0.1) is 12.6 Å². The molecule has 0 aromatic heterocycles. The van der Waals surface area contributed by atoms with Crippen LogP contribution in [0.4, 0.5) is 5.69 Å². The second kappa shape index (κ2) is 11.3. The van der Waals surface area contributed by atoms with Gasteiger partial charge < -0.3 is 25.3 Å². The van der Waals surface area contributed by atoms with Gasteiger partial charge in [-0.1, -0.05) is 0 Å². The highest BCUT2D eigenvalue weighted by atomic mass is 16.2. The molecule has 0 unspecified atom stereocenters. The highest BCUT2D eigenvalue weighted by Gasteiger charge is 2.36. The number of nitrogens with one attached hydrogen (secondary N) is 2. The van der Waals surface area contributed by atoms with Gasteiger partial charge in [0.2, 0.25) is 17.7 Å². The van der Waals surface area contributed by atoms with E-state index in [0.29, 0.717) is 37.9 Å². The van der Waals surface area contributed by atoms with E-state index in [0.717, 1.165) is 12.1 Å². The van der Waals surface area contributed by atoms with Crippen molar-refractivity contribution >= 4 is 35.1 Å². The first-order valence-electron chi connectivity index (χ1n) is 12.1. The van der Waals surface area contributed by atoms with Crippen LogP contribution in [-0.4, -0.2) is 91.1 Å². The minimum absolute atomic E-state index is 0.0629. The van der Waals surface area contributed by atoms with Gasteiger partial charge in [-0.2, -0.15) is 0 Å². The molecule has 2 saturated heterocycles. The van der Waals surface area contributed by atoms with Gasteiger partial charge in [0.15, 0.2) is 5.78 Å². The Labute approximate surface area is 206 Å². The summed E-state index contributed by atoms with van der Waals surface area (Å²) in [6.45, 7) is 3.72. The van der Waals surface area contributed by atoms with E-state index in [2.05, 4.69) is 10.6 Å².